The van der Waals surface area contributed by atoms with E-state index in [9.17, 15) is 9.59 Å². The lowest BCUT2D eigenvalue weighted by atomic mass is 10.3. The third-order valence-corrected chi connectivity index (χ3v) is 2.22. The van der Waals surface area contributed by atoms with E-state index in [1.54, 1.807) is 7.05 Å². The summed E-state index contributed by atoms with van der Waals surface area (Å²) in [6.07, 6.45) is 0. The van der Waals surface area contributed by atoms with Crippen LogP contribution in [0.25, 0.3) is 0 Å². The van der Waals surface area contributed by atoms with Crippen LogP contribution in [0.3, 0.4) is 0 Å². The molecule has 0 bridgehead atoms. The first kappa shape index (κ1) is 14.1. The summed E-state index contributed by atoms with van der Waals surface area (Å²) < 4.78 is 4.73. The highest BCUT2D eigenvalue weighted by Crippen LogP contribution is 2.02. The van der Waals surface area contributed by atoms with E-state index >= 15 is 0 Å². The molecule has 0 aliphatic rings. The molecule has 1 amide bonds. The molecule has 0 fully saturated rings. The zero-order valence-electron chi connectivity index (χ0n) is 10.4. The molecule has 1 rings (SSSR count). The van der Waals surface area contributed by atoms with Crippen molar-refractivity contribution in [2.24, 2.45) is 0 Å². The first-order chi connectivity index (χ1) is 8.49. The van der Waals surface area contributed by atoms with Crippen LogP contribution in [-0.4, -0.2) is 47.1 Å². The van der Waals surface area contributed by atoms with E-state index in [1.165, 1.54) is 4.90 Å². The second-order valence-corrected chi connectivity index (χ2v) is 3.91. The van der Waals surface area contributed by atoms with Crippen LogP contribution >= 0.6 is 0 Å². The van der Waals surface area contributed by atoms with Crippen molar-refractivity contribution in [3.8, 4) is 0 Å². The predicted molar refractivity (Wildman–Crippen MR) is 63.9 cm³/mol. The van der Waals surface area contributed by atoms with Crippen molar-refractivity contribution in [3.05, 3.63) is 29.6 Å². The largest absolute Gasteiger partial charge is 0.480 e. The van der Waals surface area contributed by atoms with Crippen LogP contribution < -0.4 is 0 Å². The van der Waals surface area contributed by atoms with Crippen molar-refractivity contribution < 1.29 is 19.4 Å². The first-order valence-corrected chi connectivity index (χ1v) is 5.45. The Hall–Kier alpha value is -1.95. The Kier molecular flexibility index (Phi) is 5.26. The third kappa shape index (κ3) is 4.92. The number of rotatable bonds is 6. The molecule has 0 unspecified atom stereocenters. The highest BCUT2D eigenvalue weighted by molar-refractivity contribution is 5.77. The van der Waals surface area contributed by atoms with E-state index in [0.29, 0.717) is 6.54 Å². The van der Waals surface area contributed by atoms with Crippen molar-refractivity contribution >= 4 is 11.9 Å². The van der Waals surface area contributed by atoms with Crippen LogP contribution in [-0.2, 0) is 20.9 Å². The topological polar surface area (TPSA) is 79.7 Å². The fourth-order valence-corrected chi connectivity index (χ4v) is 1.35. The van der Waals surface area contributed by atoms with Crippen LogP contribution in [0.15, 0.2) is 18.2 Å². The van der Waals surface area contributed by atoms with Crippen LogP contribution in [0, 0.1) is 6.92 Å². The Labute approximate surface area is 105 Å². The summed E-state index contributed by atoms with van der Waals surface area (Å²) in [4.78, 5) is 27.5. The average molecular weight is 252 g/mol. The van der Waals surface area contributed by atoms with Crippen LogP contribution in [0.4, 0.5) is 0 Å². The smallest absolute Gasteiger partial charge is 0.329 e. The first-order valence-electron chi connectivity index (χ1n) is 5.45. The average Bonchev–Trinajstić information content (AvgIpc) is 2.28. The second-order valence-electron chi connectivity index (χ2n) is 3.91. The second kappa shape index (κ2) is 6.70. The number of pyridine rings is 1. The van der Waals surface area contributed by atoms with Gasteiger partial charge in [0.2, 0.25) is 5.91 Å². The Morgan fingerprint density at radius 2 is 2.11 bits per heavy atom. The zero-order valence-corrected chi connectivity index (χ0v) is 10.4. The standard InChI is InChI=1S/C12H16N2O4/c1-9-4-3-5-10(13-9)6-14(2)11(15)7-18-8-12(16)17/h3-5H,6-8H2,1-2H3,(H,16,17). The molecule has 0 aliphatic carbocycles. The fraction of sp³-hybridized carbons (Fsp3) is 0.417. The van der Waals surface area contributed by atoms with Gasteiger partial charge in [-0.15, -0.1) is 0 Å². The Morgan fingerprint density at radius 3 is 2.72 bits per heavy atom. The molecular formula is C12H16N2O4. The molecule has 6 heteroatoms. The van der Waals surface area contributed by atoms with Gasteiger partial charge in [-0.2, -0.15) is 0 Å². The number of carboxylic acid groups (broad SMARTS) is 1. The summed E-state index contributed by atoms with van der Waals surface area (Å²) in [5.74, 6) is -1.37. The molecule has 0 atom stereocenters. The summed E-state index contributed by atoms with van der Waals surface area (Å²) >= 11 is 0. The highest BCUT2D eigenvalue weighted by Gasteiger charge is 2.10. The van der Waals surface area contributed by atoms with Gasteiger partial charge in [-0.25, -0.2) is 4.79 Å². The number of aryl methyl sites for hydroxylation is 1. The van der Waals surface area contributed by atoms with Crippen molar-refractivity contribution in [2.75, 3.05) is 20.3 Å². The maximum Gasteiger partial charge on any atom is 0.329 e. The molecule has 0 spiro atoms. The number of hydrogen-bond donors (Lipinski definition) is 1. The minimum absolute atomic E-state index is 0.241. The maximum atomic E-state index is 11.6. The van der Waals surface area contributed by atoms with Gasteiger partial charge in [0.05, 0.1) is 12.2 Å². The lowest BCUT2D eigenvalue weighted by molar-refractivity contribution is -0.145. The predicted octanol–water partition coefficient (Wildman–Crippen LogP) is 0.450. The molecule has 1 N–H and O–H groups in total. The van der Waals surface area contributed by atoms with Gasteiger partial charge in [0.1, 0.15) is 13.2 Å². The number of nitrogens with zero attached hydrogens (tertiary/aromatic N) is 2. The third-order valence-electron chi connectivity index (χ3n) is 2.22. The number of carboxylic acids is 1. The monoisotopic (exact) mass is 252 g/mol. The molecule has 18 heavy (non-hydrogen) atoms. The van der Waals surface area contributed by atoms with Crippen LogP contribution in [0.2, 0.25) is 0 Å². The van der Waals surface area contributed by atoms with E-state index in [-0.39, 0.29) is 12.5 Å². The quantitative estimate of drug-likeness (QED) is 0.795. The van der Waals surface area contributed by atoms with Gasteiger partial charge in [0.15, 0.2) is 0 Å². The molecule has 0 saturated carbocycles. The highest BCUT2D eigenvalue weighted by atomic mass is 16.5. The van der Waals surface area contributed by atoms with E-state index in [1.807, 2.05) is 25.1 Å². The van der Waals surface area contributed by atoms with Crippen LogP contribution in [0.5, 0.6) is 0 Å². The van der Waals surface area contributed by atoms with Gasteiger partial charge in [-0.3, -0.25) is 9.78 Å². The summed E-state index contributed by atoms with van der Waals surface area (Å²) in [5.41, 5.74) is 1.67. The lowest BCUT2D eigenvalue weighted by Crippen LogP contribution is -2.31. The minimum Gasteiger partial charge on any atom is -0.480 e. The van der Waals surface area contributed by atoms with Gasteiger partial charge < -0.3 is 14.7 Å². The lowest BCUT2D eigenvalue weighted by Gasteiger charge is -2.16. The molecule has 98 valence electrons. The van der Waals surface area contributed by atoms with E-state index in [0.717, 1.165) is 11.4 Å². The number of carbonyl (C=O) groups excluding carboxylic acids is 1. The number of hydrogen-bond acceptors (Lipinski definition) is 4. The van der Waals surface area contributed by atoms with Gasteiger partial charge >= 0.3 is 5.97 Å². The number of aliphatic carboxylic acids is 1. The fourth-order valence-electron chi connectivity index (χ4n) is 1.35. The van der Waals surface area contributed by atoms with Crippen molar-refractivity contribution in [3.63, 3.8) is 0 Å². The molecule has 1 aromatic rings. The van der Waals surface area contributed by atoms with Crippen LogP contribution in [0.1, 0.15) is 11.4 Å². The summed E-state index contributed by atoms with van der Waals surface area (Å²) in [5, 5.41) is 8.37. The van der Waals surface area contributed by atoms with Crippen molar-refractivity contribution in [1.82, 2.24) is 9.88 Å². The minimum atomic E-state index is -1.09. The summed E-state index contributed by atoms with van der Waals surface area (Å²) in [6.45, 7) is 1.54. The van der Waals surface area contributed by atoms with E-state index in [4.69, 9.17) is 9.84 Å². The van der Waals surface area contributed by atoms with Gasteiger partial charge in [0.25, 0.3) is 0 Å². The maximum absolute atomic E-state index is 11.6. The van der Waals surface area contributed by atoms with Crippen molar-refractivity contribution in [1.29, 1.82) is 0 Å². The molecular weight excluding hydrogens is 236 g/mol. The Morgan fingerprint density at radius 1 is 1.39 bits per heavy atom. The normalized spacial score (nSPS) is 10.1. The molecule has 1 heterocycles. The number of amides is 1. The number of aromatic nitrogens is 1. The SMILES string of the molecule is Cc1cccc(CN(C)C(=O)COCC(=O)O)n1. The van der Waals surface area contributed by atoms with Gasteiger partial charge in [-0.1, -0.05) is 6.07 Å². The molecule has 6 nitrogen and oxygen atoms in total. The Balaban J connectivity index is 2.42. The van der Waals surface area contributed by atoms with Crippen molar-refractivity contribution in [2.45, 2.75) is 13.5 Å². The zero-order chi connectivity index (χ0) is 13.5. The summed E-state index contributed by atoms with van der Waals surface area (Å²) in [6, 6.07) is 5.58. The van der Waals surface area contributed by atoms with E-state index < -0.39 is 12.6 Å². The molecule has 0 aromatic carbocycles. The van der Waals surface area contributed by atoms with Gasteiger partial charge in [0, 0.05) is 12.7 Å². The molecule has 0 radical (unpaired) electrons. The number of carbonyl (C=O) groups is 2. The molecule has 0 saturated heterocycles. The van der Waals surface area contributed by atoms with E-state index in [2.05, 4.69) is 4.98 Å². The Bertz CT molecular complexity index is 434. The number of ether oxygens (including phenoxy) is 1. The molecule has 0 aliphatic heterocycles. The number of likely N-dealkylation sites (N-methyl/N-ethyl adjacent to an activating group) is 1. The van der Waals surface area contributed by atoms with Gasteiger partial charge in [-0.05, 0) is 19.1 Å². The molecule has 1 aromatic heterocycles. The summed E-state index contributed by atoms with van der Waals surface area (Å²) in [7, 11) is 1.62.